The van der Waals surface area contributed by atoms with E-state index in [1.165, 1.54) is 24.4 Å². The molecule has 1 aliphatic carbocycles. The Morgan fingerprint density at radius 1 is 1.25 bits per heavy atom. The van der Waals surface area contributed by atoms with Crippen molar-refractivity contribution in [2.75, 3.05) is 5.32 Å². The number of fused-ring (bicyclic) bond motifs is 1. The van der Waals surface area contributed by atoms with Crippen molar-refractivity contribution in [3.05, 3.63) is 59.4 Å². The highest BCUT2D eigenvalue weighted by atomic mass is 32.2. The van der Waals surface area contributed by atoms with Gasteiger partial charge in [0.15, 0.2) is 0 Å². The SMILES string of the molecule is NS(=O)(=O)c1cccc(NC(=O)c2cnc3c(c2)CCCC=C3)c1. The van der Waals surface area contributed by atoms with Gasteiger partial charge in [0, 0.05) is 11.9 Å². The van der Waals surface area contributed by atoms with E-state index in [0.29, 0.717) is 11.3 Å². The van der Waals surface area contributed by atoms with Crippen molar-refractivity contribution in [1.29, 1.82) is 0 Å². The Hall–Kier alpha value is -2.51. The maximum atomic E-state index is 12.4. The predicted octanol–water partition coefficient (Wildman–Crippen LogP) is 2.33. The lowest BCUT2D eigenvalue weighted by Crippen LogP contribution is -2.15. The van der Waals surface area contributed by atoms with Crippen LogP contribution >= 0.6 is 0 Å². The number of rotatable bonds is 3. The molecule has 0 fully saturated rings. The Kier molecular flexibility index (Phi) is 4.46. The number of pyridine rings is 1. The van der Waals surface area contributed by atoms with E-state index in [1.54, 1.807) is 6.07 Å². The summed E-state index contributed by atoms with van der Waals surface area (Å²) in [6.45, 7) is 0. The second kappa shape index (κ2) is 6.54. The van der Waals surface area contributed by atoms with Crippen LogP contribution < -0.4 is 10.5 Å². The molecule has 0 bridgehead atoms. The molecule has 24 heavy (non-hydrogen) atoms. The van der Waals surface area contributed by atoms with E-state index in [4.69, 9.17) is 5.14 Å². The molecule has 3 rings (SSSR count). The summed E-state index contributed by atoms with van der Waals surface area (Å²) in [4.78, 5) is 16.7. The number of hydrogen-bond acceptors (Lipinski definition) is 4. The molecule has 0 saturated heterocycles. The van der Waals surface area contributed by atoms with E-state index in [1.807, 2.05) is 12.1 Å². The van der Waals surface area contributed by atoms with Crippen molar-refractivity contribution in [2.24, 2.45) is 5.14 Å². The third-order valence-corrected chi connectivity index (χ3v) is 4.69. The van der Waals surface area contributed by atoms with Gasteiger partial charge in [-0.2, -0.15) is 0 Å². The zero-order chi connectivity index (χ0) is 17.2. The lowest BCUT2D eigenvalue weighted by molar-refractivity contribution is 0.102. The fourth-order valence-corrected chi connectivity index (χ4v) is 3.11. The summed E-state index contributed by atoms with van der Waals surface area (Å²) >= 11 is 0. The summed E-state index contributed by atoms with van der Waals surface area (Å²) in [5.41, 5.74) is 2.72. The molecule has 124 valence electrons. The molecule has 6 nitrogen and oxygen atoms in total. The van der Waals surface area contributed by atoms with Crippen LogP contribution in [0.1, 0.15) is 34.5 Å². The van der Waals surface area contributed by atoms with Crippen LogP contribution in [0.15, 0.2) is 47.5 Å². The Labute approximate surface area is 140 Å². The van der Waals surface area contributed by atoms with Gasteiger partial charge in [0.25, 0.3) is 5.91 Å². The molecular weight excluding hydrogens is 326 g/mol. The van der Waals surface area contributed by atoms with Crippen LogP contribution in [-0.4, -0.2) is 19.3 Å². The van der Waals surface area contributed by atoms with Crippen molar-refractivity contribution in [3.8, 4) is 0 Å². The average molecular weight is 343 g/mol. The fourth-order valence-electron chi connectivity index (χ4n) is 2.55. The molecular formula is C17H17N3O3S. The second-order valence-corrected chi connectivity index (χ2v) is 7.15. The molecule has 0 radical (unpaired) electrons. The molecule has 0 atom stereocenters. The molecule has 0 saturated carbocycles. The zero-order valence-electron chi connectivity index (χ0n) is 12.9. The lowest BCUT2D eigenvalue weighted by Gasteiger charge is -2.09. The maximum absolute atomic E-state index is 12.4. The number of sulfonamides is 1. The van der Waals surface area contributed by atoms with Crippen LogP contribution in [0.25, 0.3) is 6.08 Å². The van der Waals surface area contributed by atoms with Crippen LogP contribution in [0, 0.1) is 0 Å². The number of amides is 1. The van der Waals surface area contributed by atoms with E-state index in [2.05, 4.69) is 16.4 Å². The smallest absolute Gasteiger partial charge is 0.257 e. The number of aryl methyl sites for hydroxylation is 1. The van der Waals surface area contributed by atoms with Crippen molar-refractivity contribution in [2.45, 2.75) is 24.2 Å². The van der Waals surface area contributed by atoms with Gasteiger partial charge in [-0.15, -0.1) is 0 Å². The molecule has 1 aromatic heterocycles. The molecule has 2 aromatic rings. The first-order chi connectivity index (χ1) is 11.4. The number of benzene rings is 1. The van der Waals surface area contributed by atoms with E-state index >= 15 is 0 Å². The Balaban J connectivity index is 1.83. The Bertz CT molecular complexity index is 920. The van der Waals surface area contributed by atoms with Crippen LogP contribution in [0.4, 0.5) is 5.69 Å². The highest BCUT2D eigenvalue weighted by molar-refractivity contribution is 7.89. The summed E-state index contributed by atoms with van der Waals surface area (Å²) in [6, 6.07) is 7.66. The average Bonchev–Trinajstić information content (AvgIpc) is 2.78. The minimum absolute atomic E-state index is 0.0505. The number of nitrogens with one attached hydrogen (secondary N) is 1. The van der Waals surface area contributed by atoms with Crippen molar-refractivity contribution < 1.29 is 13.2 Å². The number of nitrogens with two attached hydrogens (primary N) is 1. The Morgan fingerprint density at radius 3 is 2.88 bits per heavy atom. The highest BCUT2D eigenvalue weighted by Crippen LogP contribution is 2.19. The van der Waals surface area contributed by atoms with Crippen LogP contribution in [0.5, 0.6) is 0 Å². The minimum Gasteiger partial charge on any atom is -0.322 e. The monoisotopic (exact) mass is 343 g/mol. The standard InChI is InChI=1S/C17H17N3O3S/c18-24(22,23)15-7-4-6-14(10-15)20-17(21)13-9-12-5-2-1-3-8-16(12)19-11-13/h3-4,6-11H,1-2,5H2,(H,20,21)(H2,18,22,23). The normalized spacial score (nSPS) is 13.9. The zero-order valence-corrected chi connectivity index (χ0v) is 13.7. The lowest BCUT2D eigenvalue weighted by atomic mass is 10.1. The van der Waals surface area contributed by atoms with Crippen molar-refractivity contribution >= 4 is 27.7 Å². The van der Waals surface area contributed by atoms with Gasteiger partial charge >= 0.3 is 0 Å². The highest BCUT2D eigenvalue weighted by Gasteiger charge is 2.13. The number of carbonyl (C=O) groups is 1. The first-order valence-electron chi connectivity index (χ1n) is 7.53. The summed E-state index contributed by atoms with van der Waals surface area (Å²) in [6.07, 6.45) is 8.46. The quantitative estimate of drug-likeness (QED) is 0.893. The summed E-state index contributed by atoms with van der Waals surface area (Å²) in [5, 5.41) is 7.78. The molecule has 3 N–H and O–H groups in total. The van der Waals surface area contributed by atoms with Crippen LogP contribution in [0.3, 0.4) is 0 Å². The molecule has 7 heteroatoms. The van der Waals surface area contributed by atoms with E-state index in [-0.39, 0.29) is 10.8 Å². The number of carbonyl (C=O) groups excluding carboxylic acids is 1. The van der Waals surface area contributed by atoms with Gasteiger partial charge < -0.3 is 5.32 Å². The number of allylic oxidation sites excluding steroid dienone is 1. The van der Waals surface area contributed by atoms with Crippen LogP contribution in [0.2, 0.25) is 0 Å². The van der Waals surface area contributed by atoms with Crippen molar-refractivity contribution in [3.63, 3.8) is 0 Å². The number of nitrogens with zero attached hydrogens (tertiary/aromatic N) is 1. The first kappa shape index (κ1) is 16.4. The molecule has 0 aliphatic heterocycles. The van der Waals surface area contributed by atoms with E-state index in [9.17, 15) is 13.2 Å². The molecule has 1 aromatic carbocycles. The minimum atomic E-state index is -3.81. The van der Waals surface area contributed by atoms with Gasteiger partial charge in [0.05, 0.1) is 16.2 Å². The van der Waals surface area contributed by atoms with Gasteiger partial charge in [0.2, 0.25) is 10.0 Å². The third-order valence-electron chi connectivity index (χ3n) is 3.78. The summed E-state index contributed by atoms with van der Waals surface area (Å²) < 4.78 is 22.8. The number of anilines is 1. The third kappa shape index (κ3) is 3.69. The van der Waals surface area contributed by atoms with Crippen molar-refractivity contribution in [1.82, 2.24) is 4.98 Å². The molecule has 1 aliphatic rings. The maximum Gasteiger partial charge on any atom is 0.257 e. The topological polar surface area (TPSA) is 102 Å². The summed E-state index contributed by atoms with van der Waals surface area (Å²) in [7, 11) is -3.81. The molecule has 0 spiro atoms. The second-order valence-electron chi connectivity index (χ2n) is 5.59. The number of aromatic nitrogens is 1. The van der Waals surface area contributed by atoms with Gasteiger partial charge in [-0.1, -0.05) is 12.1 Å². The predicted molar refractivity (Wildman–Crippen MR) is 92.0 cm³/mol. The van der Waals surface area contributed by atoms with Gasteiger partial charge in [0.1, 0.15) is 0 Å². The fraction of sp³-hybridized carbons (Fsp3) is 0.176. The largest absolute Gasteiger partial charge is 0.322 e. The van der Waals surface area contributed by atoms with Gasteiger partial charge in [-0.05, 0) is 55.2 Å². The molecule has 1 amide bonds. The molecule has 1 heterocycles. The van der Waals surface area contributed by atoms with E-state index in [0.717, 1.165) is 30.5 Å². The van der Waals surface area contributed by atoms with Gasteiger partial charge in [-0.3, -0.25) is 9.78 Å². The number of primary sulfonamides is 1. The molecule has 0 unspecified atom stereocenters. The van der Waals surface area contributed by atoms with Gasteiger partial charge in [-0.25, -0.2) is 13.6 Å². The number of hydrogen-bond donors (Lipinski definition) is 2. The van der Waals surface area contributed by atoms with E-state index < -0.39 is 10.0 Å². The summed E-state index contributed by atoms with van der Waals surface area (Å²) in [5.74, 6) is -0.343. The Morgan fingerprint density at radius 2 is 2.08 bits per heavy atom. The first-order valence-corrected chi connectivity index (χ1v) is 9.08. The van der Waals surface area contributed by atoms with Crippen LogP contribution in [-0.2, 0) is 16.4 Å².